The smallest absolute Gasteiger partial charge is 0.0628 e. The lowest BCUT2D eigenvalue weighted by Crippen LogP contribution is -2.49. The Hall–Kier alpha value is -0.200. The molecular weight excluding hydrogens is 132 g/mol. The molecule has 0 amide bonds. The largest absolute Gasteiger partial charge is 0.252 e. The molecule has 50 valence electrons. The van der Waals surface area contributed by atoms with Crippen LogP contribution in [0.15, 0.2) is 0 Å². The lowest BCUT2D eigenvalue weighted by Gasteiger charge is -2.43. The minimum absolute atomic E-state index is 0.233. The fraction of sp³-hybridized carbons (Fsp3) is 0.833. The predicted molar refractivity (Wildman–Crippen MR) is 38.9 cm³/mol. The Morgan fingerprint density at radius 3 is 2.67 bits per heavy atom. The second-order valence-corrected chi connectivity index (χ2v) is 3.53. The molecule has 1 rings (SSSR count). The van der Waals surface area contributed by atoms with Crippen LogP contribution in [0.3, 0.4) is 0 Å². The van der Waals surface area contributed by atoms with Crippen LogP contribution in [0, 0.1) is 16.7 Å². The molecule has 0 spiro atoms. The summed E-state index contributed by atoms with van der Waals surface area (Å²) in [6.07, 6.45) is 0.657. The van der Waals surface area contributed by atoms with Crippen LogP contribution >= 0.6 is 12.8 Å². The zero-order valence-electron chi connectivity index (χ0n) is 5.46. The Kier molecular flexibility index (Phi) is 1.69. The second kappa shape index (κ2) is 2.20. The van der Waals surface area contributed by atoms with E-state index in [0.29, 0.717) is 6.42 Å². The third kappa shape index (κ3) is 1.38. The molecule has 1 heterocycles. The van der Waals surface area contributed by atoms with E-state index in [1.165, 1.54) is 0 Å². The highest BCUT2D eigenvalue weighted by Crippen LogP contribution is 2.33. The van der Waals surface area contributed by atoms with Crippen LogP contribution in [0.1, 0.15) is 13.3 Å². The maximum absolute atomic E-state index is 8.36. The molecule has 0 radical (unpaired) electrons. The average Bonchev–Trinajstić information content (AvgIpc) is 1.62. The Morgan fingerprint density at radius 1 is 1.78 bits per heavy atom. The van der Waals surface area contributed by atoms with Crippen LogP contribution in [-0.4, -0.2) is 17.4 Å². The number of nitriles is 1. The summed E-state index contributed by atoms with van der Waals surface area (Å²) >= 11 is 4.11. The quantitative estimate of drug-likeness (QED) is 0.554. The number of thiol groups is 1. The molecule has 0 aromatic rings. The van der Waals surface area contributed by atoms with Gasteiger partial charge in [0, 0.05) is 24.9 Å². The number of hydrogen-bond acceptors (Lipinski definition) is 3. The van der Waals surface area contributed by atoms with Gasteiger partial charge in [-0.3, -0.25) is 4.31 Å². The third-order valence-corrected chi connectivity index (χ3v) is 1.92. The van der Waals surface area contributed by atoms with E-state index in [2.05, 4.69) is 25.8 Å². The number of nitrogens with zero attached hydrogens (tertiary/aromatic N) is 2. The molecule has 0 N–H and O–H groups in total. The molecule has 0 saturated carbocycles. The Balaban J connectivity index is 2.34. The van der Waals surface area contributed by atoms with E-state index >= 15 is 0 Å². The molecule has 1 fully saturated rings. The normalized spacial score (nSPS) is 24.6. The first-order chi connectivity index (χ1) is 4.16. The highest BCUT2D eigenvalue weighted by atomic mass is 32.1. The molecule has 1 aliphatic rings. The van der Waals surface area contributed by atoms with Gasteiger partial charge in [0.2, 0.25) is 0 Å². The average molecular weight is 142 g/mol. The molecule has 0 aliphatic carbocycles. The predicted octanol–water partition coefficient (Wildman–Crippen LogP) is 1.07. The van der Waals surface area contributed by atoms with E-state index in [9.17, 15) is 0 Å². The fourth-order valence-electron chi connectivity index (χ4n) is 1.14. The van der Waals surface area contributed by atoms with Gasteiger partial charge in [0.1, 0.15) is 0 Å². The summed E-state index contributed by atoms with van der Waals surface area (Å²) < 4.78 is 1.93. The summed E-state index contributed by atoms with van der Waals surface area (Å²) in [5.74, 6) is 0. The minimum atomic E-state index is 0.233. The van der Waals surface area contributed by atoms with Crippen LogP contribution in [0.2, 0.25) is 0 Å². The van der Waals surface area contributed by atoms with Crippen LogP contribution in [0.5, 0.6) is 0 Å². The number of hydrogen-bond donors (Lipinski definition) is 1. The Labute approximate surface area is 61.0 Å². The monoisotopic (exact) mass is 142 g/mol. The summed E-state index contributed by atoms with van der Waals surface area (Å²) in [7, 11) is 0. The third-order valence-electron chi connectivity index (χ3n) is 1.63. The summed E-state index contributed by atoms with van der Waals surface area (Å²) in [5.41, 5.74) is 0.233. The van der Waals surface area contributed by atoms with Gasteiger partial charge in [-0.1, -0.05) is 19.7 Å². The second-order valence-electron chi connectivity index (χ2n) is 2.97. The first-order valence-electron chi connectivity index (χ1n) is 2.97. The highest BCUT2D eigenvalue weighted by molar-refractivity contribution is 7.77. The van der Waals surface area contributed by atoms with Crippen molar-refractivity contribution in [1.82, 2.24) is 4.31 Å². The maximum atomic E-state index is 8.36. The van der Waals surface area contributed by atoms with Gasteiger partial charge >= 0.3 is 0 Å². The van der Waals surface area contributed by atoms with Gasteiger partial charge < -0.3 is 0 Å². The first kappa shape index (κ1) is 6.91. The van der Waals surface area contributed by atoms with E-state index in [0.717, 1.165) is 13.1 Å². The molecular formula is C6H10N2S. The van der Waals surface area contributed by atoms with Crippen molar-refractivity contribution in [2.45, 2.75) is 13.3 Å². The highest BCUT2D eigenvalue weighted by Gasteiger charge is 2.36. The van der Waals surface area contributed by atoms with E-state index < -0.39 is 0 Å². The van der Waals surface area contributed by atoms with Gasteiger partial charge in [-0.2, -0.15) is 5.26 Å². The number of rotatable bonds is 1. The van der Waals surface area contributed by atoms with Crippen LogP contribution < -0.4 is 0 Å². The molecule has 0 bridgehead atoms. The summed E-state index contributed by atoms with van der Waals surface area (Å²) in [6, 6.07) is 2.17. The topological polar surface area (TPSA) is 27.0 Å². The summed E-state index contributed by atoms with van der Waals surface area (Å²) in [5, 5.41) is 8.36. The SMILES string of the molecule is CC1(CC#N)CN(S)C1. The van der Waals surface area contributed by atoms with Gasteiger partial charge in [-0.25, -0.2) is 0 Å². The Morgan fingerprint density at radius 2 is 2.33 bits per heavy atom. The lowest BCUT2D eigenvalue weighted by atomic mass is 9.81. The molecule has 9 heavy (non-hydrogen) atoms. The molecule has 0 unspecified atom stereocenters. The van der Waals surface area contributed by atoms with Crippen molar-refractivity contribution < 1.29 is 0 Å². The summed E-state index contributed by atoms with van der Waals surface area (Å²) in [4.78, 5) is 0. The van der Waals surface area contributed by atoms with E-state index in [-0.39, 0.29) is 5.41 Å². The van der Waals surface area contributed by atoms with Crippen LogP contribution in [0.25, 0.3) is 0 Å². The minimum Gasteiger partial charge on any atom is -0.252 e. The van der Waals surface area contributed by atoms with Gasteiger partial charge in [-0.05, 0) is 0 Å². The van der Waals surface area contributed by atoms with Gasteiger partial charge in [0.25, 0.3) is 0 Å². The molecule has 0 atom stereocenters. The molecule has 2 nitrogen and oxygen atoms in total. The molecule has 0 aromatic carbocycles. The lowest BCUT2D eigenvalue weighted by molar-refractivity contribution is 0.109. The Bertz CT molecular complexity index is 144. The van der Waals surface area contributed by atoms with Crippen molar-refractivity contribution in [1.29, 1.82) is 5.26 Å². The van der Waals surface area contributed by atoms with E-state index in [4.69, 9.17) is 5.26 Å². The molecule has 1 aliphatic heterocycles. The van der Waals surface area contributed by atoms with Crippen molar-refractivity contribution in [2.24, 2.45) is 5.41 Å². The van der Waals surface area contributed by atoms with Gasteiger partial charge in [0.15, 0.2) is 0 Å². The molecule has 1 saturated heterocycles. The van der Waals surface area contributed by atoms with E-state index in [1.54, 1.807) is 0 Å². The van der Waals surface area contributed by atoms with Crippen LogP contribution in [-0.2, 0) is 0 Å². The van der Waals surface area contributed by atoms with Crippen molar-refractivity contribution >= 4 is 12.8 Å². The standard InChI is InChI=1S/C6H10N2S/c1-6(2-3-7)4-8(9)5-6/h9H,2,4-5H2,1H3. The molecule has 0 aromatic heterocycles. The zero-order valence-corrected chi connectivity index (χ0v) is 6.36. The maximum Gasteiger partial charge on any atom is 0.0628 e. The van der Waals surface area contributed by atoms with Crippen molar-refractivity contribution in [3.8, 4) is 6.07 Å². The van der Waals surface area contributed by atoms with Gasteiger partial charge in [-0.15, -0.1) is 0 Å². The van der Waals surface area contributed by atoms with Crippen molar-refractivity contribution in [2.75, 3.05) is 13.1 Å². The van der Waals surface area contributed by atoms with Gasteiger partial charge in [0.05, 0.1) is 6.07 Å². The van der Waals surface area contributed by atoms with E-state index in [1.807, 2.05) is 4.31 Å². The zero-order chi connectivity index (χ0) is 6.91. The summed E-state index contributed by atoms with van der Waals surface area (Å²) in [6.45, 7) is 4.01. The first-order valence-corrected chi connectivity index (χ1v) is 3.37. The fourth-order valence-corrected chi connectivity index (χ4v) is 1.82. The van der Waals surface area contributed by atoms with Crippen molar-refractivity contribution in [3.63, 3.8) is 0 Å². The van der Waals surface area contributed by atoms with Crippen molar-refractivity contribution in [3.05, 3.63) is 0 Å². The molecule has 3 heteroatoms. The van der Waals surface area contributed by atoms with Crippen LogP contribution in [0.4, 0.5) is 0 Å².